The minimum atomic E-state index is -0.391. The lowest BCUT2D eigenvalue weighted by molar-refractivity contribution is -0.122. The van der Waals surface area contributed by atoms with Gasteiger partial charge in [0.05, 0.1) is 19.6 Å². The number of benzene rings is 2. The quantitative estimate of drug-likeness (QED) is 0.664. The molecular weight excluding hydrogens is 308 g/mol. The van der Waals surface area contributed by atoms with Crippen molar-refractivity contribution in [3.8, 4) is 5.75 Å². The van der Waals surface area contributed by atoms with Crippen LogP contribution in [0.3, 0.4) is 0 Å². The van der Waals surface area contributed by atoms with Crippen LogP contribution in [-0.4, -0.2) is 28.2 Å². The maximum Gasteiger partial charge on any atom is 0.340 e. The number of amides is 1. The van der Waals surface area contributed by atoms with Crippen LogP contribution in [0.2, 0.25) is 0 Å². The minimum Gasteiger partial charge on any atom is -0.497 e. The Morgan fingerprint density at radius 2 is 2.00 bits per heavy atom. The number of rotatable bonds is 5. The van der Waals surface area contributed by atoms with Crippen LogP contribution in [0.15, 0.2) is 41.2 Å². The fraction of sp³-hybridized carbons (Fsp3) is 0.235. The first-order valence-corrected chi connectivity index (χ1v) is 7.56. The van der Waals surface area contributed by atoms with E-state index < -0.39 is 5.69 Å². The molecule has 2 aromatic carbocycles. The van der Waals surface area contributed by atoms with Gasteiger partial charge in [0.25, 0.3) is 0 Å². The Labute approximate surface area is 138 Å². The SMILES string of the molecule is COc1ccc2cc([C@H](C)C(=O)NCc3n[nH]c(=O)[nH]3)ccc2c1. The van der Waals surface area contributed by atoms with Crippen molar-refractivity contribution in [1.29, 1.82) is 0 Å². The van der Waals surface area contributed by atoms with Crippen molar-refractivity contribution in [2.24, 2.45) is 0 Å². The Hall–Kier alpha value is -3.09. The fourth-order valence-corrected chi connectivity index (χ4v) is 2.50. The highest BCUT2D eigenvalue weighted by atomic mass is 16.5. The molecule has 1 amide bonds. The van der Waals surface area contributed by atoms with Crippen LogP contribution in [0.1, 0.15) is 24.2 Å². The van der Waals surface area contributed by atoms with Crippen molar-refractivity contribution < 1.29 is 9.53 Å². The molecule has 1 atom stereocenters. The third-order valence-electron chi connectivity index (χ3n) is 3.95. The molecular formula is C17H18N4O3. The highest BCUT2D eigenvalue weighted by molar-refractivity contribution is 5.88. The number of nitrogens with zero attached hydrogens (tertiary/aromatic N) is 1. The average molecular weight is 326 g/mol. The molecule has 0 bridgehead atoms. The van der Waals surface area contributed by atoms with Crippen LogP contribution in [-0.2, 0) is 11.3 Å². The van der Waals surface area contributed by atoms with Gasteiger partial charge < -0.3 is 10.1 Å². The van der Waals surface area contributed by atoms with Crippen LogP contribution in [0.5, 0.6) is 5.75 Å². The lowest BCUT2D eigenvalue weighted by atomic mass is 9.97. The lowest BCUT2D eigenvalue weighted by Gasteiger charge is -2.13. The van der Waals surface area contributed by atoms with Crippen molar-refractivity contribution >= 4 is 16.7 Å². The molecule has 7 nitrogen and oxygen atoms in total. The number of carbonyl (C=O) groups excluding carboxylic acids is 1. The topological polar surface area (TPSA) is 99.9 Å². The van der Waals surface area contributed by atoms with Gasteiger partial charge in [0.15, 0.2) is 0 Å². The van der Waals surface area contributed by atoms with Crippen LogP contribution in [0.4, 0.5) is 0 Å². The van der Waals surface area contributed by atoms with E-state index in [1.807, 2.05) is 43.3 Å². The number of aromatic amines is 2. The lowest BCUT2D eigenvalue weighted by Crippen LogP contribution is -2.28. The first kappa shape index (κ1) is 15.8. The Kier molecular flexibility index (Phi) is 4.33. The van der Waals surface area contributed by atoms with E-state index in [1.54, 1.807) is 7.11 Å². The zero-order valence-corrected chi connectivity index (χ0v) is 13.4. The van der Waals surface area contributed by atoms with Gasteiger partial charge in [-0.15, -0.1) is 0 Å². The standard InChI is InChI=1S/C17H18N4O3/c1-10(16(22)18-9-15-19-17(23)21-20-15)11-3-4-13-8-14(24-2)6-5-12(13)7-11/h3-8,10H,9H2,1-2H3,(H,18,22)(H2,19,20,21,23)/t10-/m0/s1. The van der Waals surface area contributed by atoms with E-state index in [1.165, 1.54) is 0 Å². The first-order valence-electron chi connectivity index (χ1n) is 7.56. The highest BCUT2D eigenvalue weighted by Crippen LogP contribution is 2.25. The summed E-state index contributed by atoms with van der Waals surface area (Å²) >= 11 is 0. The summed E-state index contributed by atoms with van der Waals surface area (Å²) in [4.78, 5) is 25.8. The molecule has 0 unspecified atom stereocenters. The van der Waals surface area contributed by atoms with Crippen LogP contribution >= 0.6 is 0 Å². The zero-order valence-electron chi connectivity index (χ0n) is 13.4. The maximum absolute atomic E-state index is 12.3. The van der Waals surface area contributed by atoms with E-state index in [-0.39, 0.29) is 18.4 Å². The van der Waals surface area contributed by atoms with Gasteiger partial charge in [-0.05, 0) is 35.4 Å². The van der Waals surface area contributed by atoms with Gasteiger partial charge in [-0.2, -0.15) is 5.10 Å². The number of nitrogens with one attached hydrogen (secondary N) is 3. The van der Waals surface area contributed by atoms with E-state index in [0.29, 0.717) is 5.82 Å². The Bertz CT molecular complexity index is 929. The number of aromatic nitrogens is 3. The summed E-state index contributed by atoms with van der Waals surface area (Å²) in [6.45, 7) is 2.01. The molecule has 0 radical (unpaired) electrons. The zero-order chi connectivity index (χ0) is 17.1. The Balaban J connectivity index is 1.73. The number of hydrogen-bond donors (Lipinski definition) is 3. The Morgan fingerprint density at radius 1 is 1.25 bits per heavy atom. The van der Waals surface area contributed by atoms with Gasteiger partial charge in [-0.1, -0.05) is 24.3 Å². The van der Waals surface area contributed by atoms with Crippen molar-refractivity contribution in [1.82, 2.24) is 20.5 Å². The largest absolute Gasteiger partial charge is 0.497 e. The van der Waals surface area contributed by atoms with E-state index >= 15 is 0 Å². The van der Waals surface area contributed by atoms with E-state index in [2.05, 4.69) is 20.5 Å². The summed E-state index contributed by atoms with van der Waals surface area (Å²) in [6.07, 6.45) is 0. The normalized spacial score (nSPS) is 12.1. The molecule has 124 valence electrons. The minimum absolute atomic E-state index is 0.133. The second-order valence-corrected chi connectivity index (χ2v) is 5.54. The van der Waals surface area contributed by atoms with Crippen molar-refractivity contribution in [3.63, 3.8) is 0 Å². The predicted molar refractivity (Wildman–Crippen MR) is 90.0 cm³/mol. The molecule has 0 aliphatic carbocycles. The molecule has 0 fully saturated rings. The molecule has 1 aromatic heterocycles. The van der Waals surface area contributed by atoms with E-state index in [9.17, 15) is 9.59 Å². The fourth-order valence-electron chi connectivity index (χ4n) is 2.50. The van der Waals surface area contributed by atoms with Crippen molar-refractivity contribution in [3.05, 3.63) is 58.3 Å². The molecule has 0 aliphatic rings. The number of H-pyrrole nitrogens is 2. The monoisotopic (exact) mass is 326 g/mol. The highest BCUT2D eigenvalue weighted by Gasteiger charge is 2.16. The molecule has 0 saturated carbocycles. The molecule has 3 rings (SSSR count). The Morgan fingerprint density at radius 3 is 2.71 bits per heavy atom. The molecule has 0 saturated heterocycles. The molecule has 0 aliphatic heterocycles. The van der Waals surface area contributed by atoms with Crippen molar-refractivity contribution in [2.75, 3.05) is 7.11 Å². The van der Waals surface area contributed by atoms with Gasteiger partial charge in [-0.25, -0.2) is 9.89 Å². The van der Waals surface area contributed by atoms with Gasteiger partial charge in [-0.3, -0.25) is 9.78 Å². The molecule has 24 heavy (non-hydrogen) atoms. The van der Waals surface area contributed by atoms with Crippen LogP contribution in [0, 0.1) is 0 Å². The third-order valence-corrected chi connectivity index (χ3v) is 3.95. The molecule has 7 heteroatoms. The number of hydrogen-bond acceptors (Lipinski definition) is 4. The third kappa shape index (κ3) is 3.29. The summed E-state index contributed by atoms with van der Waals surface area (Å²) in [5.41, 5.74) is 0.526. The molecule has 3 aromatic rings. The summed E-state index contributed by atoms with van der Waals surface area (Å²) in [7, 11) is 1.63. The summed E-state index contributed by atoms with van der Waals surface area (Å²) < 4.78 is 5.22. The van der Waals surface area contributed by atoms with Crippen LogP contribution in [0.25, 0.3) is 10.8 Å². The number of fused-ring (bicyclic) bond motifs is 1. The second-order valence-electron chi connectivity index (χ2n) is 5.54. The molecule has 3 N–H and O–H groups in total. The first-order chi connectivity index (χ1) is 11.6. The second kappa shape index (κ2) is 6.57. The van der Waals surface area contributed by atoms with Gasteiger partial charge >= 0.3 is 5.69 Å². The molecule has 0 spiro atoms. The summed E-state index contributed by atoms with van der Waals surface area (Å²) in [5, 5.41) is 10.9. The number of ether oxygens (including phenoxy) is 1. The predicted octanol–water partition coefficient (Wildman–Crippen LogP) is 1.68. The summed E-state index contributed by atoms with van der Waals surface area (Å²) in [6, 6.07) is 11.7. The molecule has 1 heterocycles. The maximum atomic E-state index is 12.3. The average Bonchev–Trinajstić information content (AvgIpc) is 3.03. The van der Waals surface area contributed by atoms with Crippen LogP contribution < -0.4 is 15.7 Å². The van der Waals surface area contributed by atoms with E-state index in [4.69, 9.17) is 4.74 Å². The van der Waals surface area contributed by atoms with E-state index in [0.717, 1.165) is 22.1 Å². The number of methoxy groups -OCH3 is 1. The number of carbonyl (C=O) groups is 1. The van der Waals surface area contributed by atoms with Crippen molar-refractivity contribution in [2.45, 2.75) is 19.4 Å². The summed E-state index contributed by atoms with van der Waals surface area (Å²) in [5.74, 6) is 0.745. The van der Waals surface area contributed by atoms with Gasteiger partial charge in [0.2, 0.25) is 5.91 Å². The smallest absolute Gasteiger partial charge is 0.340 e. The van der Waals surface area contributed by atoms with Gasteiger partial charge in [0, 0.05) is 0 Å². The van der Waals surface area contributed by atoms with Gasteiger partial charge in [0.1, 0.15) is 11.6 Å².